The number of benzene rings is 1. The first-order valence-electron chi connectivity index (χ1n) is 6.81. The van der Waals surface area contributed by atoms with Crippen molar-refractivity contribution in [3.8, 4) is 6.07 Å². The van der Waals surface area contributed by atoms with Gasteiger partial charge in [0.15, 0.2) is 6.10 Å². The summed E-state index contributed by atoms with van der Waals surface area (Å²) in [6.45, 7) is 1.43. The first-order valence-corrected chi connectivity index (χ1v) is 6.81. The van der Waals surface area contributed by atoms with Crippen LogP contribution in [0.1, 0.15) is 25.3 Å². The quantitative estimate of drug-likeness (QED) is 0.796. The van der Waals surface area contributed by atoms with Gasteiger partial charge >= 0.3 is 5.97 Å². The van der Waals surface area contributed by atoms with Gasteiger partial charge in [-0.25, -0.2) is 4.79 Å². The van der Waals surface area contributed by atoms with E-state index < -0.39 is 24.0 Å². The van der Waals surface area contributed by atoms with Crippen molar-refractivity contribution >= 4 is 23.5 Å². The van der Waals surface area contributed by atoms with Gasteiger partial charge in [-0.05, 0) is 25.5 Å². The van der Waals surface area contributed by atoms with Crippen LogP contribution in [-0.4, -0.2) is 29.9 Å². The molecule has 2 atom stereocenters. The van der Waals surface area contributed by atoms with Crippen molar-refractivity contribution in [2.24, 2.45) is 0 Å². The molecule has 2 amide bonds. The highest BCUT2D eigenvalue weighted by Gasteiger charge is 2.30. The molecule has 1 saturated heterocycles. The molecule has 2 rings (SSSR count). The monoisotopic (exact) mass is 301 g/mol. The van der Waals surface area contributed by atoms with Gasteiger partial charge in [0.25, 0.3) is 5.91 Å². The van der Waals surface area contributed by atoms with Crippen molar-refractivity contribution < 1.29 is 19.1 Å². The van der Waals surface area contributed by atoms with Gasteiger partial charge in [-0.1, -0.05) is 12.1 Å². The van der Waals surface area contributed by atoms with E-state index in [0.717, 1.165) is 0 Å². The fourth-order valence-corrected chi connectivity index (χ4v) is 2.02. The summed E-state index contributed by atoms with van der Waals surface area (Å²) in [5.41, 5.74) is 0.671. The Hall–Kier alpha value is -2.88. The Morgan fingerprint density at radius 1 is 1.45 bits per heavy atom. The number of hydrogen-bond donors (Lipinski definition) is 2. The minimum Gasteiger partial charge on any atom is -0.451 e. The topological polar surface area (TPSA) is 108 Å². The van der Waals surface area contributed by atoms with Gasteiger partial charge in [0.05, 0.1) is 11.3 Å². The maximum absolute atomic E-state index is 12.0. The van der Waals surface area contributed by atoms with E-state index >= 15 is 0 Å². The van der Waals surface area contributed by atoms with Crippen molar-refractivity contribution in [2.75, 3.05) is 5.32 Å². The number of rotatable bonds is 4. The van der Waals surface area contributed by atoms with Crippen LogP contribution in [0.25, 0.3) is 0 Å². The maximum Gasteiger partial charge on any atom is 0.329 e. The Labute approximate surface area is 127 Å². The molecule has 0 bridgehead atoms. The van der Waals surface area contributed by atoms with E-state index in [9.17, 15) is 14.4 Å². The van der Waals surface area contributed by atoms with Gasteiger partial charge in [-0.3, -0.25) is 9.59 Å². The second-order valence-electron chi connectivity index (χ2n) is 4.88. The van der Waals surface area contributed by atoms with Gasteiger partial charge in [0.1, 0.15) is 12.1 Å². The number of amides is 2. The lowest BCUT2D eigenvalue weighted by atomic mass is 10.2. The second kappa shape index (κ2) is 6.72. The first-order chi connectivity index (χ1) is 10.5. The summed E-state index contributed by atoms with van der Waals surface area (Å²) in [5.74, 6) is -1.38. The van der Waals surface area contributed by atoms with E-state index in [1.807, 2.05) is 6.07 Å². The van der Waals surface area contributed by atoms with E-state index in [4.69, 9.17) is 10.00 Å². The summed E-state index contributed by atoms with van der Waals surface area (Å²) in [4.78, 5) is 34.9. The number of carbonyl (C=O) groups is 3. The number of anilines is 1. The van der Waals surface area contributed by atoms with Crippen molar-refractivity contribution in [2.45, 2.75) is 31.9 Å². The van der Waals surface area contributed by atoms with Crippen LogP contribution in [0.15, 0.2) is 24.3 Å². The SMILES string of the molecule is C[C@@H](OC(=O)[C@@H]1CCC(=O)N1)C(=O)Nc1ccccc1C#N. The molecule has 1 aliphatic heterocycles. The number of nitrogens with one attached hydrogen (secondary N) is 2. The number of nitriles is 1. The average molecular weight is 301 g/mol. The molecule has 2 N–H and O–H groups in total. The molecule has 114 valence electrons. The molecule has 7 heteroatoms. The highest BCUT2D eigenvalue weighted by molar-refractivity contribution is 5.97. The Balaban J connectivity index is 1.93. The zero-order valence-electron chi connectivity index (χ0n) is 12.0. The molecule has 0 unspecified atom stereocenters. The largest absolute Gasteiger partial charge is 0.451 e. The molecular weight excluding hydrogens is 286 g/mol. The Morgan fingerprint density at radius 2 is 2.18 bits per heavy atom. The van der Waals surface area contributed by atoms with Gasteiger partial charge < -0.3 is 15.4 Å². The summed E-state index contributed by atoms with van der Waals surface area (Å²) in [5, 5.41) is 14.0. The number of para-hydroxylation sites is 1. The normalized spacial score (nSPS) is 18.0. The van der Waals surface area contributed by atoms with Gasteiger partial charge in [0, 0.05) is 6.42 Å². The third-order valence-corrected chi connectivity index (χ3v) is 3.25. The lowest BCUT2D eigenvalue weighted by Gasteiger charge is -2.16. The van der Waals surface area contributed by atoms with Crippen LogP contribution in [0.2, 0.25) is 0 Å². The van der Waals surface area contributed by atoms with Crippen LogP contribution in [-0.2, 0) is 19.1 Å². The first kappa shape index (κ1) is 15.5. The van der Waals surface area contributed by atoms with E-state index in [2.05, 4.69) is 10.6 Å². The molecule has 1 aromatic carbocycles. The van der Waals surface area contributed by atoms with Crippen LogP contribution in [0.5, 0.6) is 0 Å². The Morgan fingerprint density at radius 3 is 2.82 bits per heavy atom. The standard InChI is InChI=1S/C15H15N3O4/c1-9(22-15(21)12-6-7-13(19)17-12)14(20)18-11-5-3-2-4-10(11)8-16/h2-5,9,12H,6-7H2,1H3,(H,17,19)(H,18,20)/t9-,12+/m1/s1. The zero-order chi connectivity index (χ0) is 16.1. The average Bonchev–Trinajstić information content (AvgIpc) is 2.94. The predicted octanol–water partition coefficient (Wildman–Crippen LogP) is 0.707. The molecule has 1 aromatic rings. The molecule has 1 heterocycles. The number of ether oxygens (including phenoxy) is 1. The van der Waals surface area contributed by atoms with Crippen LogP contribution in [0, 0.1) is 11.3 Å². The van der Waals surface area contributed by atoms with E-state index in [0.29, 0.717) is 17.7 Å². The minimum absolute atomic E-state index is 0.206. The highest BCUT2D eigenvalue weighted by atomic mass is 16.5. The van der Waals surface area contributed by atoms with Gasteiger partial charge in [-0.2, -0.15) is 5.26 Å². The van der Waals surface area contributed by atoms with Crippen molar-refractivity contribution in [3.05, 3.63) is 29.8 Å². The Kier molecular flexibility index (Phi) is 4.73. The number of carbonyl (C=O) groups excluding carboxylic acids is 3. The minimum atomic E-state index is -1.03. The third-order valence-electron chi connectivity index (χ3n) is 3.25. The Bertz CT molecular complexity index is 650. The van der Waals surface area contributed by atoms with Crippen molar-refractivity contribution in [3.63, 3.8) is 0 Å². The predicted molar refractivity (Wildman–Crippen MR) is 76.5 cm³/mol. The van der Waals surface area contributed by atoms with Crippen molar-refractivity contribution in [1.29, 1.82) is 5.26 Å². The lowest BCUT2D eigenvalue weighted by Crippen LogP contribution is -2.39. The second-order valence-corrected chi connectivity index (χ2v) is 4.88. The van der Waals surface area contributed by atoms with E-state index in [1.165, 1.54) is 6.92 Å². The fraction of sp³-hybridized carbons (Fsp3) is 0.333. The molecule has 0 spiro atoms. The molecular formula is C15H15N3O4. The summed E-state index contributed by atoms with van der Waals surface area (Å²) in [6, 6.07) is 7.78. The van der Waals surface area contributed by atoms with Gasteiger partial charge in [0.2, 0.25) is 5.91 Å². The summed E-state index contributed by atoms with van der Waals surface area (Å²) in [6.07, 6.45) is -0.393. The number of esters is 1. The van der Waals surface area contributed by atoms with Gasteiger partial charge in [-0.15, -0.1) is 0 Å². The van der Waals surface area contributed by atoms with Crippen LogP contribution in [0.4, 0.5) is 5.69 Å². The molecule has 7 nitrogen and oxygen atoms in total. The summed E-state index contributed by atoms with van der Waals surface area (Å²) in [7, 11) is 0. The molecule has 22 heavy (non-hydrogen) atoms. The molecule has 0 aliphatic carbocycles. The smallest absolute Gasteiger partial charge is 0.329 e. The van der Waals surface area contributed by atoms with Crippen molar-refractivity contribution in [1.82, 2.24) is 5.32 Å². The third kappa shape index (κ3) is 3.61. The summed E-state index contributed by atoms with van der Waals surface area (Å²) < 4.78 is 5.04. The summed E-state index contributed by atoms with van der Waals surface area (Å²) >= 11 is 0. The fourth-order valence-electron chi connectivity index (χ4n) is 2.02. The zero-order valence-corrected chi connectivity index (χ0v) is 12.0. The molecule has 1 fully saturated rings. The number of hydrogen-bond acceptors (Lipinski definition) is 5. The highest BCUT2D eigenvalue weighted by Crippen LogP contribution is 2.15. The van der Waals surface area contributed by atoms with Crippen LogP contribution < -0.4 is 10.6 Å². The van der Waals surface area contributed by atoms with E-state index in [1.54, 1.807) is 24.3 Å². The molecule has 0 saturated carbocycles. The van der Waals surface area contributed by atoms with E-state index in [-0.39, 0.29) is 12.3 Å². The number of nitrogens with zero attached hydrogens (tertiary/aromatic N) is 1. The maximum atomic E-state index is 12.0. The molecule has 1 aliphatic rings. The molecule has 0 radical (unpaired) electrons. The lowest BCUT2D eigenvalue weighted by molar-refractivity contribution is -0.155. The van der Waals surface area contributed by atoms with Crippen LogP contribution >= 0.6 is 0 Å². The molecule has 0 aromatic heterocycles. The van der Waals surface area contributed by atoms with Crippen LogP contribution in [0.3, 0.4) is 0 Å².